The summed E-state index contributed by atoms with van der Waals surface area (Å²) in [6, 6.07) is 1.85. The molecule has 0 spiro atoms. The molecule has 0 aliphatic heterocycles. The van der Waals surface area contributed by atoms with Gasteiger partial charge in [0.15, 0.2) is 5.82 Å². The van der Waals surface area contributed by atoms with Gasteiger partial charge in [-0.15, -0.1) is 0 Å². The Hall–Kier alpha value is -1.60. The summed E-state index contributed by atoms with van der Waals surface area (Å²) >= 11 is 1.37. The second-order valence-electron chi connectivity index (χ2n) is 3.91. The largest absolute Gasteiger partial charge is 0.436 e. The van der Waals surface area contributed by atoms with Gasteiger partial charge in [-0.1, -0.05) is 0 Å². The van der Waals surface area contributed by atoms with Gasteiger partial charge in [-0.25, -0.2) is 15.0 Å². The maximum Gasteiger partial charge on any atom is 0.262 e. The fraction of sp³-hybridized carbons (Fsp3) is 0.417. The van der Waals surface area contributed by atoms with Gasteiger partial charge in [0.1, 0.15) is 23.2 Å². The first-order valence-corrected chi connectivity index (χ1v) is 6.60. The quantitative estimate of drug-likeness (QED) is 0.843. The first-order valence-electron chi connectivity index (χ1n) is 5.79. The highest BCUT2D eigenvalue weighted by atomic mass is 32.2. The summed E-state index contributed by atoms with van der Waals surface area (Å²) in [4.78, 5) is 13.0. The van der Waals surface area contributed by atoms with Crippen LogP contribution in [0.25, 0.3) is 0 Å². The highest BCUT2D eigenvalue weighted by molar-refractivity contribution is 7.99. The predicted molar refractivity (Wildman–Crippen MR) is 72.4 cm³/mol. The van der Waals surface area contributed by atoms with E-state index in [1.807, 2.05) is 27.0 Å². The fourth-order valence-corrected chi connectivity index (χ4v) is 2.27. The predicted octanol–water partition coefficient (Wildman–Crippen LogP) is 2.42. The third kappa shape index (κ3) is 3.45. The molecule has 2 aromatic rings. The first-order chi connectivity index (χ1) is 9.12. The van der Waals surface area contributed by atoms with E-state index in [1.54, 1.807) is 7.11 Å². The summed E-state index contributed by atoms with van der Waals surface area (Å²) < 4.78 is 10.6. The molecule has 0 saturated heterocycles. The van der Waals surface area contributed by atoms with Crippen LogP contribution in [0.4, 0.5) is 5.82 Å². The molecule has 0 fully saturated rings. The van der Waals surface area contributed by atoms with E-state index in [2.05, 4.69) is 20.3 Å². The van der Waals surface area contributed by atoms with E-state index in [0.717, 1.165) is 22.3 Å². The van der Waals surface area contributed by atoms with E-state index >= 15 is 0 Å². The Balaban J connectivity index is 2.25. The second-order valence-corrected chi connectivity index (χ2v) is 4.89. The molecular formula is C12H16N4O2S. The second kappa shape index (κ2) is 6.03. The zero-order valence-corrected chi connectivity index (χ0v) is 12.2. The fourth-order valence-electron chi connectivity index (χ4n) is 1.42. The van der Waals surface area contributed by atoms with Gasteiger partial charge in [0.25, 0.3) is 5.22 Å². The molecule has 7 heteroatoms. The number of rotatable bonds is 5. The standard InChI is InChI=1S/C12H16N4O2S/c1-7-8(2)18-12(14-7)19-11-5-9(13-3)15-10(16-11)6-17-4/h5H,6H2,1-4H3,(H,13,15,16). The lowest BCUT2D eigenvalue weighted by atomic mass is 10.4. The lowest BCUT2D eigenvalue weighted by Crippen LogP contribution is -2.02. The van der Waals surface area contributed by atoms with Crippen LogP contribution >= 0.6 is 11.8 Å². The minimum atomic E-state index is 0.368. The molecule has 0 aromatic carbocycles. The molecule has 0 bridgehead atoms. The zero-order valence-electron chi connectivity index (χ0n) is 11.4. The molecule has 0 aliphatic rings. The molecule has 0 saturated carbocycles. The van der Waals surface area contributed by atoms with Gasteiger partial charge in [0.2, 0.25) is 0 Å². The van der Waals surface area contributed by atoms with Gasteiger partial charge in [-0.05, 0) is 25.6 Å². The number of anilines is 1. The molecule has 0 radical (unpaired) electrons. The van der Waals surface area contributed by atoms with Gasteiger partial charge in [0, 0.05) is 20.2 Å². The molecular weight excluding hydrogens is 264 g/mol. The average molecular weight is 280 g/mol. The molecule has 19 heavy (non-hydrogen) atoms. The SMILES string of the molecule is CNc1cc(Sc2nc(C)c(C)o2)nc(COC)n1. The molecule has 0 amide bonds. The van der Waals surface area contributed by atoms with E-state index in [9.17, 15) is 0 Å². The number of aromatic nitrogens is 3. The average Bonchev–Trinajstić information content (AvgIpc) is 2.68. The Kier molecular flexibility index (Phi) is 4.39. The van der Waals surface area contributed by atoms with Crippen LogP contribution < -0.4 is 5.32 Å². The van der Waals surface area contributed by atoms with Crippen LogP contribution in [0.5, 0.6) is 0 Å². The van der Waals surface area contributed by atoms with Crippen molar-refractivity contribution >= 4 is 17.6 Å². The summed E-state index contributed by atoms with van der Waals surface area (Å²) in [7, 11) is 3.43. The molecule has 102 valence electrons. The first kappa shape index (κ1) is 13.8. The number of hydrogen-bond acceptors (Lipinski definition) is 7. The van der Waals surface area contributed by atoms with Gasteiger partial charge in [-0.2, -0.15) is 0 Å². The summed E-state index contributed by atoms with van der Waals surface area (Å²) in [6.07, 6.45) is 0. The zero-order chi connectivity index (χ0) is 13.8. The minimum absolute atomic E-state index is 0.368. The van der Waals surface area contributed by atoms with Gasteiger partial charge in [-0.3, -0.25) is 0 Å². The molecule has 2 rings (SSSR count). The number of aryl methyl sites for hydroxylation is 2. The summed E-state index contributed by atoms with van der Waals surface area (Å²) in [6.45, 7) is 4.17. The summed E-state index contributed by atoms with van der Waals surface area (Å²) in [5, 5.41) is 4.35. The maximum absolute atomic E-state index is 5.53. The van der Waals surface area contributed by atoms with E-state index in [0.29, 0.717) is 17.7 Å². The van der Waals surface area contributed by atoms with E-state index in [-0.39, 0.29) is 0 Å². The number of oxazole rings is 1. The lowest BCUT2D eigenvalue weighted by molar-refractivity contribution is 0.177. The van der Waals surface area contributed by atoms with E-state index in [1.165, 1.54) is 11.8 Å². The Morgan fingerprint density at radius 1 is 1.32 bits per heavy atom. The van der Waals surface area contributed by atoms with Crippen LogP contribution in [0.15, 0.2) is 20.7 Å². The highest BCUT2D eigenvalue weighted by Gasteiger charge is 2.11. The van der Waals surface area contributed by atoms with Crippen molar-refractivity contribution in [1.82, 2.24) is 15.0 Å². The third-order valence-electron chi connectivity index (χ3n) is 2.48. The van der Waals surface area contributed by atoms with Crippen molar-refractivity contribution in [2.45, 2.75) is 30.7 Å². The molecule has 0 unspecified atom stereocenters. The highest BCUT2D eigenvalue weighted by Crippen LogP contribution is 2.28. The Bertz CT molecular complexity index is 551. The normalized spacial score (nSPS) is 10.7. The summed E-state index contributed by atoms with van der Waals surface area (Å²) in [5.41, 5.74) is 0.891. The number of nitrogens with zero attached hydrogens (tertiary/aromatic N) is 3. The van der Waals surface area contributed by atoms with Crippen molar-refractivity contribution in [3.8, 4) is 0 Å². The van der Waals surface area contributed by atoms with Crippen LogP contribution in [0.3, 0.4) is 0 Å². The van der Waals surface area contributed by atoms with Crippen molar-refractivity contribution in [1.29, 1.82) is 0 Å². The molecule has 0 atom stereocenters. The maximum atomic E-state index is 5.53. The number of ether oxygens (including phenoxy) is 1. The number of hydrogen-bond donors (Lipinski definition) is 1. The van der Waals surface area contributed by atoms with Crippen LogP contribution in [-0.4, -0.2) is 29.1 Å². The third-order valence-corrected chi connectivity index (χ3v) is 3.25. The van der Waals surface area contributed by atoms with Crippen LogP contribution in [-0.2, 0) is 11.3 Å². The topological polar surface area (TPSA) is 73.1 Å². The molecule has 6 nitrogen and oxygen atoms in total. The molecule has 2 aromatic heterocycles. The van der Waals surface area contributed by atoms with Crippen molar-refractivity contribution in [2.24, 2.45) is 0 Å². The monoisotopic (exact) mass is 280 g/mol. The Morgan fingerprint density at radius 3 is 2.68 bits per heavy atom. The van der Waals surface area contributed by atoms with Crippen molar-refractivity contribution in [3.63, 3.8) is 0 Å². The number of methoxy groups -OCH3 is 1. The van der Waals surface area contributed by atoms with Crippen molar-refractivity contribution < 1.29 is 9.15 Å². The van der Waals surface area contributed by atoms with Crippen molar-refractivity contribution in [3.05, 3.63) is 23.3 Å². The van der Waals surface area contributed by atoms with E-state index < -0.39 is 0 Å². The Morgan fingerprint density at radius 2 is 2.11 bits per heavy atom. The van der Waals surface area contributed by atoms with Crippen LogP contribution in [0.1, 0.15) is 17.3 Å². The summed E-state index contributed by atoms with van der Waals surface area (Å²) in [5.74, 6) is 2.18. The lowest BCUT2D eigenvalue weighted by Gasteiger charge is -2.05. The van der Waals surface area contributed by atoms with E-state index in [4.69, 9.17) is 9.15 Å². The number of nitrogens with one attached hydrogen (secondary N) is 1. The van der Waals surface area contributed by atoms with Gasteiger partial charge < -0.3 is 14.5 Å². The van der Waals surface area contributed by atoms with Crippen LogP contribution in [0.2, 0.25) is 0 Å². The molecule has 0 aliphatic carbocycles. The van der Waals surface area contributed by atoms with Crippen LogP contribution in [0, 0.1) is 13.8 Å². The Labute approximate surface area is 116 Å². The minimum Gasteiger partial charge on any atom is -0.436 e. The smallest absolute Gasteiger partial charge is 0.262 e. The molecule has 1 N–H and O–H groups in total. The van der Waals surface area contributed by atoms with Gasteiger partial charge >= 0.3 is 0 Å². The van der Waals surface area contributed by atoms with Crippen molar-refractivity contribution in [2.75, 3.05) is 19.5 Å². The molecule has 2 heterocycles. The van der Waals surface area contributed by atoms with Gasteiger partial charge in [0.05, 0.1) is 5.69 Å².